The largest absolute Gasteiger partial charge is 0.339 e. The van der Waals surface area contributed by atoms with E-state index in [2.05, 4.69) is 24.4 Å². The molecule has 5 nitrogen and oxygen atoms in total. The van der Waals surface area contributed by atoms with Gasteiger partial charge in [0.2, 0.25) is 11.8 Å². The maximum atomic E-state index is 12.6. The normalized spacial score (nSPS) is 16.3. The highest BCUT2D eigenvalue weighted by atomic mass is 32.1. The van der Waals surface area contributed by atoms with Crippen LogP contribution in [0.3, 0.4) is 0 Å². The van der Waals surface area contributed by atoms with E-state index in [1.807, 2.05) is 56.3 Å². The van der Waals surface area contributed by atoms with Crippen molar-refractivity contribution < 1.29 is 9.59 Å². The van der Waals surface area contributed by atoms with Gasteiger partial charge in [-0.05, 0) is 32.9 Å². The molecule has 6 heteroatoms. The number of nitrogens with zero attached hydrogens (tertiary/aromatic N) is 2. The van der Waals surface area contributed by atoms with Gasteiger partial charge in [0.15, 0.2) is 0 Å². The van der Waals surface area contributed by atoms with Crippen molar-refractivity contribution in [2.45, 2.75) is 33.2 Å². The molecule has 30 heavy (non-hydrogen) atoms. The van der Waals surface area contributed by atoms with Crippen molar-refractivity contribution in [3.05, 3.63) is 59.5 Å². The van der Waals surface area contributed by atoms with E-state index in [0.717, 1.165) is 32.4 Å². The average Bonchev–Trinajstić information content (AvgIpc) is 3.32. The van der Waals surface area contributed by atoms with E-state index < -0.39 is 0 Å². The van der Waals surface area contributed by atoms with Gasteiger partial charge in [0.25, 0.3) is 0 Å². The lowest BCUT2D eigenvalue weighted by molar-refractivity contribution is -0.129. The van der Waals surface area contributed by atoms with Crippen LogP contribution in [0.5, 0.6) is 0 Å². The number of benzene rings is 2. The Labute approximate surface area is 180 Å². The standard InChI is InChI=1S/C24H25N3O2S/c1-15(2)27-14-19(13-21(27)28)23(29)25-20-11-9-17(10-12-20)22-16(3)30-24(26-22)18-7-5-4-6-8-18/h4-12,15,19H,13-14H2,1-3H3,(H,25,29). The fourth-order valence-corrected chi connectivity index (χ4v) is 4.67. The Morgan fingerprint density at radius 1 is 1.10 bits per heavy atom. The van der Waals surface area contributed by atoms with Crippen LogP contribution >= 0.6 is 11.3 Å². The van der Waals surface area contributed by atoms with Gasteiger partial charge >= 0.3 is 0 Å². The quantitative estimate of drug-likeness (QED) is 0.634. The molecular weight excluding hydrogens is 394 g/mol. The van der Waals surface area contributed by atoms with E-state index in [1.165, 1.54) is 0 Å². The molecule has 0 saturated carbocycles. The summed E-state index contributed by atoms with van der Waals surface area (Å²) < 4.78 is 0. The summed E-state index contributed by atoms with van der Waals surface area (Å²) in [6.07, 6.45) is 0.280. The van der Waals surface area contributed by atoms with Crippen LogP contribution in [0.2, 0.25) is 0 Å². The minimum Gasteiger partial charge on any atom is -0.339 e. The van der Waals surface area contributed by atoms with Gasteiger partial charge in [-0.3, -0.25) is 9.59 Å². The zero-order valence-electron chi connectivity index (χ0n) is 17.4. The summed E-state index contributed by atoms with van der Waals surface area (Å²) in [4.78, 5) is 32.4. The monoisotopic (exact) mass is 419 g/mol. The Morgan fingerprint density at radius 2 is 1.80 bits per heavy atom. The molecule has 0 spiro atoms. The molecule has 2 heterocycles. The van der Waals surface area contributed by atoms with Crippen molar-refractivity contribution in [3.8, 4) is 21.8 Å². The molecule has 0 radical (unpaired) electrons. The summed E-state index contributed by atoms with van der Waals surface area (Å²) >= 11 is 1.68. The summed E-state index contributed by atoms with van der Waals surface area (Å²) in [6, 6.07) is 18.0. The Hall–Kier alpha value is -2.99. The Morgan fingerprint density at radius 3 is 2.43 bits per heavy atom. The molecule has 0 aliphatic carbocycles. The van der Waals surface area contributed by atoms with Gasteiger partial charge in [-0.2, -0.15) is 0 Å². The molecule has 1 unspecified atom stereocenters. The number of rotatable bonds is 5. The maximum Gasteiger partial charge on any atom is 0.229 e. The molecule has 1 aliphatic rings. The number of aryl methyl sites for hydroxylation is 1. The molecule has 2 amide bonds. The highest BCUT2D eigenvalue weighted by Crippen LogP contribution is 2.33. The number of carbonyl (C=O) groups excluding carboxylic acids is 2. The molecule has 0 bridgehead atoms. The topological polar surface area (TPSA) is 62.3 Å². The predicted octanol–water partition coefficient (Wildman–Crippen LogP) is 4.98. The maximum absolute atomic E-state index is 12.6. The van der Waals surface area contributed by atoms with Crippen LogP contribution in [-0.4, -0.2) is 34.3 Å². The molecule has 154 valence electrons. The molecule has 1 aromatic heterocycles. The van der Waals surface area contributed by atoms with E-state index in [9.17, 15) is 9.59 Å². The third-order valence-electron chi connectivity index (χ3n) is 5.40. The second kappa shape index (κ2) is 8.40. The van der Waals surface area contributed by atoms with Crippen LogP contribution in [0.1, 0.15) is 25.1 Å². The molecule has 4 rings (SSSR count). The highest BCUT2D eigenvalue weighted by Gasteiger charge is 2.35. The number of hydrogen-bond acceptors (Lipinski definition) is 4. The van der Waals surface area contributed by atoms with Gasteiger partial charge in [-0.1, -0.05) is 42.5 Å². The summed E-state index contributed by atoms with van der Waals surface area (Å²) in [5.41, 5.74) is 3.83. The Kier molecular flexibility index (Phi) is 5.68. The van der Waals surface area contributed by atoms with Crippen LogP contribution in [0.15, 0.2) is 54.6 Å². The van der Waals surface area contributed by atoms with Crippen molar-refractivity contribution in [1.82, 2.24) is 9.88 Å². The van der Waals surface area contributed by atoms with Crippen molar-refractivity contribution in [2.75, 3.05) is 11.9 Å². The number of aromatic nitrogens is 1. The summed E-state index contributed by atoms with van der Waals surface area (Å²) in [7, 11) is 0. The van der Waals surface area contributed by atoms with E-state index >= 15 is 0 Å². The van der Waals surface area contributed by atoms with Gasteiger partial charge in [-0.15, -0.1) is 11.3 Å². The average molecular weight is 420 g/mol. The van der Waals surface area contributed by atoms with Gasteiger partial charge in [0.05, 0.1) is 11.6 Å². The first kappa shape index (κ1) is 20.3. The lowest BCUT2D eigenvalue weighted by atomic mass is 10.1. The third-order valence-corrected chi connectivity index (χ3v) is 6.42. The Balaban J connectivity index is 1.46. The van der Waals surface area contributed by atoms with Crippen LogP contribution in [0, 0.1) is 12.8 Å². The molecule has 1 atom stereocenters. The van der Waals surface area contributed by atoms with Crippen molar-refractivity contribution >= 4 is 28.8 Å². The van der Waals surface area contributed by atoms with E-state index in [0.29, 0.717) is 6.54 Å². The van der Waals surface area contributed by atoms with Crippen LogP contribution in [-0.2, 0) is 9.59 Å². The van der Waals surface area contributed by atoms with Crippen LogP contribution < -0.4 is 5.32 Å². The van der Waals surface area contributed by atoms with Gasteiger partial charge in [-0.25, -0.2) is 4.98 Å². The number of likely N-dealkylation sites (tertiary alicyclic amines) is 1. The minimum atomic E-state index is -0.297. The molecule has 1 fully saturated rings. The molecule has 2 aromatic carbocycles. The lowest BCUT2D eigenvalue weighted by Gasteiger charge is -2.20. The van der Waals surface area contributed by atoms with E-state index in [4.69, 9.17) is 4.98 Å². The number of carbonyl (C=O) groups is 2. The number of nitrogens with one attached hydrogen (secondary N) is 1. The number of anilines is 1. The summed E-state index contributed by atoms with van der Waals surface area (Å²) in [5, 5.41) is 3.95. The van der Waals surface area contributed by atoms with Crippen molar-refractivity contribution in [1.29, 1.82) is 0 Å². The van der Waals surface area contributed by atoms with Crippen molar-refractivity contribution in [2.24, 2.45) is 5.92 Å². The first-order valence-electron chi connectivity index (χ1n) is 10.2. The van der Waals surface area contributed by atoms with Gasteiger partial charge in [0.1, 0.15) is 5.01 Å². The lowest BCUT2D eigenvalue weighted by Crippen LogP contribution is -2.33. The molecule has 3 aromatic rings. The van der Waals surface area contributed by atoms with Crippen molar-refractivity contribution in [3.63, 3.8) is 0 Å². The van der Waals surface area contributed by atoms with Gasteiger partial charge < -0.3 is 10.2 Å². The number of hydrogen-bond donors (Lipinski definition) is 1. The highest BCUT2D eigenvalue weighted by molar-refractivity contribution is 7.15. The smallest absolute Gasteiger partial charge is 0.229 e. The van der Waals surface area contributed by atoms with E-state index in [-0.39, 0.29) is 30.2 Å². The van der Waals surface area contributed by atoms with Crippen LogP contribution in [0.25, 0.3) is 21.8 Å². The number of thiazole rings is 1. The van der Waals surface area contributed by atoms with E-state index in [1.54, 1.807) is 16.2 Å². The molecule has 1 aliphatic heterocycles. The molecule has 1 N–H and O–H groups in total. The number of amides is 2. The fraction of sp³-hybridized carbons (Fsp3) is 0.292. The van der Waals surface area contributed by atoms with Gasteiger partial charge in [0, 0.05) is 40.7 Å². The SMILES string of the molecule is Cc1sc(-c2ccccc2)nc1-c1ccc(NC(=O)C2CC(=O)N(C(C)C)C2)cc1. The van der Waals surface area contributed by atoms with Crippen LogP contribution in [0.4, 0.5) is 5.69 Å². The predicted molar refractivity (Wildman–Crippen MR) is 121 cm³/mol. The minimum absolute atomic E-state index is 0.0497. The molecular formula is C24H25N3O2S. The first-order chi connectivity index (χ1) is 14.4. The summed E-state index contributed by atoms with van der Waals surface area (Å²) in [6.45, 7) is 6.51. The zero-order valence-corrected chi connectivity index (χ0v) is 18.2. The zero-order chi connectivity index (χ0) is 21.3. The molecule has 1 saturated heterocycles. The Bertz CT molecular complexity index is 1060. The second-order valence-corrected chi connectivity index (χ2v) is 9.10. The third kappa shape index (κ3) is 4.14. The second-order valence-electron chi connectivity index (χ2n) is 7.90. The fourth-order valence-electron chi connectivity index (χ4n) is 3.73. The first-order valence-corrected chi connectivity index (χ1v) is 11.0. The summed E-state index contributed by atoms with van der Waals surface area (Å²) in [5.74, 6) is -0.349.